The highest BCUT2D eigenvalue weighted by Crippen LogP contribution is 2.51. The van der Waals surface area contributed by atoms with Gasteiger partial charge in [-0.3, -0.25) is 0 Å². The predicted octanol–water partition coefficient (Wildman–Crippen LogP) is 2.33. The molecule has 0 aromatic heterocycles. The molecule has 0 amide bonds. The molecular weight excluding hydrogens is 358 g/mol. The average molecular weight is 394 g/mol. The molecule has 1 aromatic rings. The maximum Gasteiger partial charge on any atom is 0.191 e. The van der Waals surface area contributed by atoms with E-state index in [1.54, 1.807) is 14.2 Å². The SMILES string of the molecule is CCNC(=NCc1ccc(OCCO)c(OC)c1)NC1CC(C)(OC)C1(C)C. The van der Waals surface area contributed by atoms with E-state index in [2.05, 4.69) is 38.3 Å². The van der Waals surface area contributed by atoms with E-state index in [0.717, 1.165) is 24.5 Å². The first-order chi connectivity index (χ1) is 13.3. The lowest BCUT2D eigenvalue weighted by molar-refractivity contribution is -0.176. The summed E-state index contributed by atoms with van der Waals surface area (Å²) in [5.74, 6) is 2.04. The molecule has 0 radical (unpaired) electrons. The van der Waals surface area contributed by atoms with E-state index in [4.69, 9.17) is 24.3 Å². The van der Waals surface area contributed by atoms with Crippen molar-refractivity contribution in [3.05, 3.63) is 23.8 Å². The molecule has 0 bridgehead atoms. The number of nitrogens with zero attached hydrogens (tertiary/aromatic N) is 1. The number of aliphatic imine (C=N–C) groups is 1. The van der Waals surface area contributed by atoms with Gasteiger partial charge in [0.15, 0.2) is 17.5 Å². The van der Waals surface area contributed by atoms with Crippen molar-refractivity contribution in [3.8, 4) is 11.5 Å². The zero-order valence-corrected chi connectivity index (χ0v) is 18.0. The third-order valence-electron chi connectivity index (χ3n) is 5.93. The van der Waals surface area contributed by atoms with Crippen LogP contribution in [0.25, 0.3) is 0 Å². The first-order valence-electron chi connectivity index (χ1n) is 9.82. The lowest BCUT2D eigenvalue weighted by Crippen LogP contribution is -2.69. The highest BCUT2D eigenvalue weighted by molar-refractivity contribution is 5.80. The summed E-state index contributed by atoms with van der Waals surface area (Å²) in [7, 11) is 3.38. The Morgan fingerprint density at radius 2 is 2.00 bits per heavy atom. The monoisotopic (exact) mass is 393 g/mol. The van der Waals surface area contributed by atoms with Gasteiger partial charge in [0, 0.05) is 25.1 Å². The van der Waals surface area contributed by atoms with Crippen LogP contribution >= 0.6 is 0 Å². The molecule has 0 saturated heterocycles. The van der Waals surface area contributed by atoms with Crippen molar-refractivity contribution >= 4 is 5.96 Å². The van der Waals surface area contributed by atoms with Crippen LogP contribution in [0.3, 0.4) is 0 Å². The van der Waals surface area contributed by atoms with Gasteiger partial charge in [-0.1, -0.05) is 19.9 Å². The fraction of sp³-hybridized carbons (Fsp3) is 0.667. The van der Waals surface area contributed by atoms with Gasteiger partial charge in [0.2, 0.25) is 0 Å². The zero-order valence-electron chi connectivity index (χ0n) is 18.0. The van der Waals surface area contributed by atoms with Crippen LogP contribution in [0.4, 0.5) is 0 Å². The summed E-state index contributed by atoms with van der Waals surface area (Å²) in [6, 6.07) is 6.00. The first-order valence-corrected chi connectivity index (χ1v) is 9.82. The normalized spacial score (nSPS) is 23.7. The summed E-state index contributed by atoms with van der Waals surface area (Å²) in [6.45, 7) is 10.2. The van der Waals surface area contributed by atoms with Gasteiger partial charge < -0.3 is 30.0 Å². The van der Waals surface area contributed by atoms with Crippen LogP contribution < -0.4 is 20.1 Å². The summed E-state index contributed by atoms with van der Waals surface area (Å²) in [5.41, 5.74) is 0.895. The Bertz CT molecular complexity index is 678. The maximum atomic E-state index is 8.92. The van der Waals surface area contributed by atoms with Gasteiger partial charge in [0.1, 0.15) is 6.61 Å². The van der Waals surface area contributed by atoms with Crippen molar-refractivity contribution < 1.29 is 19.3 Å². The molecule has 2 rings (SSSR count). The fourth-order valence-electron chi connectivity index (χ4n) is 3.46. The van der Waals surface area contributed by atoms with E-state index >= 15 is 0 Å². The number of nitrogens with one attached hydrogen (secondary N) is 2. The molecule has 1 aliphatic carbocycles. The Morgan fingerprint density at radius 1 is 1.25 bits per heavy atom. The standard InChI is InChI=1S/C21H35N3O4/c1-7-22-19(24-18-13-21(4,27-6)20(18,2)3)23-14-15-8-9-16(28-11-10-25)17(12-15)26-5/h8-9,12,18,25H,7,10-11,13-14H2,1-6H3,(H2,22,23,24). The van der Waals surface area contributed by atoms with Crippen molar-refractivity contribution in [2.24, 2.45) is 10.4 Å². The highest BCUT2D eigenvalue weighted by Gasteiger charge is 2.58. The van der Waals surface area contributed by atoms with E-state index in [9.17, 15) is 0 Å². The molecule has 158 valence electrons. The summed E-state index contributed by atoms with van der Waals surface area (Å²) in [5, 5.41) is 15.8. The fourth-order valence-corrected chi connectivity index (χ4v) is 3.46. The minimum atomic E-state index is -0.125. The summed E-state index contributed by atoms with van der Waals surface area (Å²) in [4.78, 5) is 4.73. The van der Waals surface area contributed by atoms with Crippen LogP contribution in [-0.2, 0) is 11.3 Å². The second kappa shape index (κ2) is 9.47. The number of hydrogen-bond acceptors (Lipinski definition) is 5. The highest BCUT2D eigenvalue weighted by atomic mass is 16.5. The maximum absolute atomic E-state index is 8.92. The molecule has 0 heterocycles. The lowest BCUT2D eigenvalue weighted by atomic mass is 9.56. The second-order valence-corrected chi connectivity index (χ2v) is 7.81. The smallest absolute Gasteiger partial charge is 0.191 e. The predicted molar refractivity (Wildman–Crippen MR) is 111 cm³/mol. The van der Waals surface area contributed by atoms with Gasteiger partial charge in [-0.2, -0.15) is 0 Å². The molecule has 1 aliphatic rings. The molecule has 2 unspecified atom stereocenters. The average Bonchev–Trinajstić information content (AvgIpc) is 2.70. The number of ether oxygens (including phenoxy) is 3. The van der Waals surface area contributed by atoms with Crippen molar-refractivity contribution in [2.45, 2.75) is 52.3 Å². The van der Waals surface area contributed by atoms with Crippen molar-refractivity contribution in [1.82, 2.24) is 10.6 Å². The van der Waals surface area contributed by atoms with E-state index in [1.165, 1.54) is 0 Å². The Labute approximate surface area is 168 Å². The number of aliphatic hydroxyl groups is 1. The van der Waals surface area contributed by atoms with Crippen molar-refractivity contribution in [3.63, 3.8) is 0 Å². The van der Waals surface area contributed by atoms with E-state index in [-0.39, 0.29) is 24.2 Å². The van der Waals surface area contributed by atoms with Gasteiger partial charge in [-0.05, 0) is 38.0 Å². The van der Waals surface area contributed by atoms with Crippen LogP contribution in [0.1, 0.15) is 39.7 Å². The molecule has 0 aliphatic heterocycles. The van der Waals surface area contributed by atoms with Crippen LogP contribution in [0, 0.1) is 5.41 Å². The minimum Gasteiger partial charge on any atom is -0.493 e. The van der Waals surface area contributed by atoms with Crippen LogP contribution in [0.2, 0.25) is 0 Å². The molecule has 1 fully saturated rings. The van der Waals surface area contributed by atoms with E-state index in [1.807, 2.05) is 18.2 Å². The summed E-state index contributed by atoms with van der Waals surface area (Å²) in [6.07, 6.45) is 0.936. The number of benzene rings is 1. The number of guanidine groups is 1. The largest absolute Gasteiger partial charge is 0.493 e. The number of rotatable bonds is 9. The Kier molecular flexibility index (Phi) is 7.55. The molecule has 7 heteroatoms. The third-order valence-corrected chi connectivity index (χ3v) is 5.93. The first kappa shape index (κ1) is 22.3. The van der Waals surface area contributed by atoms with E-state index < -0.39 is 0 Å². The van der Waals surface area contributed by atoms with Gasteiger partial charge >= 0.3 is 0 Å². The topological polar surface area (TPSA) is 84.3 Å². The van der Waals surface area contributed by atoms with Gasteiger partial charge in [-0.15, -0.1) is 0 Å². The molecule has 1 saturated carbocycles. The zero-order chi connectivity index (χ0) is 20.8. The van der Waals surface area contributed by atoms with Gasteiger partial charge in [0.25, 0.3) is 0 Å². The number of methoxy groups -OCH3 is 2. The second-order valence-electron chi connectivity index (χ2n) is 7.81. The Hall–Kier alpha value is -1.99. The Morgan fingerprint density at radius 3 is 2.57 bits per heavy atom. The van der Waals surface area contributed by atoms with Gasteiger partial charge in [0.05, 0.1) is 25.9 Å². The summed E-state index contributed by atoms with van der Waals surface area (Å²) >= 11 is 0. The van der Waals surface area contributed by atoms with Crippen LogP contribution in [0.5, 0.6) is 11.5 Å². The van der Waals surface area contributed by atoms with Crippen LogP contribution in [0.15, 0.2) is 23.2 Å². The summed E-state index contributed by atoms with van der Waals surface area (Å²) < 4.78 is 16.6. The third kappa shape index (κ3) is 4.70. The number of hydrogen-bond donors (Lipinski definition) is 3. The van der Waals surface area contributed by atoms with E-state index in [0.29, 0.717) is 24.1 Å². The minimum absolute atomic E-state index is 0.00680. The molecule has 2 atom stereocenters. The molecule has 7 nitrogen and oxygen atoms in total. The van der Waals surface area contributed by atoms with Gasteiger partial charge in [-0.25, -0.2) is 4.99 Å². The number of aliphatic hydroxyl groups excluding tert-OH is 1. The van der Waals surface area contributed by atoms with Crippen LogP contribution in [-0.4, -0.2) is 56.7 Å². The van der Waals surface area contributed by atoms with Crippen molar-refractivity contribution in [2.75, 3.05) is 34.0 Å². The quantitative estimate of drug-likeness (QED) is 0.441. The van der Waals surface area contributed by atoms with Crippen molar-refractivity contribution in [1.29, 1.82) is 0 Å². The molecule has 0 spiro atoms. The molecule has 28 heavy (non-hydrogen) atoms. The lowest BCUT2D eigenvalue weighted by Gasteiger charge is -2.59. The Balaban J connectivity index is 2.07. The molecule has 1 aromatic carbocycles. The molecule has 3 N–H and O–H groups in total. The molecular formula is C21H35N3O4.